The maximum atomic E-state index is 12.8. The van der Waals surface area contributed by atoms with Gasteiger partial charge in [-0.2, -0.15) is 0 Å². The van der Waals surface area contributed by atoms with E-state index in [4.69, 9.17) is 4.74 Å². The SMILES string of the molecule is CCN(CC)CCOc1ccccc1NC(=O)c1ccc2nc(C(F)F)[nH]c2c1. The van der Waals surface area contributed by atoms with E-state index in [0.29, 0.717) is 34.6 Å². The zero-order valence-electron chi connectivity index (χ0n) is 16.4. The molecule has 0 saturated carbocycles. The Hall–Kier alpha value is -3.00. The second kappa shape index (κ2) is 9.47. The van der Waals surface area contributed by atoms with Gasteiger partial charge in [0.25, 0.3) is 12.3 Å². The summed E-state index contributed by atoms with van der Waals surface area (Å²) in [6, 6.07) is 11.8. The summed E-state index contributed by atoms with van der Waals surface area (Å²) in [6.45, 7) is 7.38. The van der Waals surface area contributed by atoms with Crippen LogP contribution in [0.3, 0.4) is 0 Å². The fourth-order valence-electron chi connectivity index (χ4n) is 2.99. The van der Waals surface area contributed by atoms with Crippen molar-refractivity contribution in [2.24, 2.45) is 0 Å². The second-order valence-corrected chi connectivity index (χ2v) is 6.48. The molecule has 0 bridgehead atoms. The van der Waals surface area contributed by atoms with Crippen LogP contribution in [0.5, 0.6) is 5.75 Å². The predicted molar refractivity (Wildman–Crippen MR) is 109 cm³/mol. The molecule has 3 aromatic rings. The van der Waals surface area contributed by atoms with Crippen LogP contribution in [0.2, 0.25) is 0 Å². The summed E-state index contributed by atoms with van der Waals surface area (Å²) in [4.78, 5) is 21.3. The van der Waals surface area contributed by atoms with Gasteiger partial charge in [-0.15, -0.1) is 0 Å². The van der Waals surface area contributed by atoms with Crippen molar-refractivity contribution in [3.8, 4) is 5.75 Å². The number of para-hydroxylation sites is 2. The molecule has 0 aliphatic heterocycles. The third-order valence-electron chi connectivity index (χ3n) is 4.66. The van der Waals surface area contributed by atoms with Crippen LogP contribution in [-0.4, -0.2) is 47.0 Å². The van der Waals surface area contributed by atoms with E-state index in [1.165, 1.54) is 6.07 Å². The topological polar surface area (TPSA) is 70.2 Å². The molecule has 2 aromatic carbocycles. The van der Waals surface area contributed by atoms with E-state index in [2.05, 4.69) is 34.0 Å². The van der Waals surface area contributed by atoms with Crippen molar-refractivity contribution >= 4 is 22.6 Å². The van der Waals surface area contributed by atoms with E-state index in [9.17, 15) is 13.6 Å². The van der Waals surface area contributed by atoms with Gasteiger partial charge in [-0.05, 0) is 43.4 Å². The standard InChI is InChI=1S/C21H24F2N4O2/c1-3-27(4-2)11-12-29-18-8-6-5-7-16(18)26-21(28)14-9-10-15-17(13-14)25-20(24-15)19(22)23/h5-10,13,19H,3-4,11-12H2,1-2H3,(H,24,25)(H,26,28). The molecule has 0 atom stereocenters. The third-order valence-corrected chi connectivity index (χ3v) is 4.66. The van der Waals surface area contributed by atoms with Gasteiger partial charge in [0.1, 0.15) is 12.4 Å². The van der Waals surface area contributed by atoms with Gasteiger partial charge in [-0.25, -0.2) is 13.8 Å². The van der Waals surface area contributed by atoms with E-state index in [0.717, 1.165) is 19.6 Å². The summed E-state index contributed by atoms with van der Waals surface area (Å²) >= 11 is 0. The highest BCUT2D eigenvalue weighted by atomic mass is 19.3. The Labute approximate surface area is 167 Å². The minimum atomic E-state index is -2.69. The number of ether oxygens (including phenoxy) is 1. The molecule has 0 saturated heterocycles. The van der Waals surface area contributed by atoms with Gasteiger partial charge in [-0.3, -0.25) is 4.79 Å². The van der Waals surface area contributed by atoms with Gasteiger partial charge < -0.3 is 19.9 Å². The molecule has 6 nitrogen and oxygen atoms in total. The second-order valence-electron chi connectivity index (χ2n) is 6.48. The van der Waals surface area contributed by atoms with Crippen molar-refractivity contribution in [3.05, 3.63) is 53.9 Å². The number of amides is 1. The predicted octanol–water partition coefficient (Wildman–Crippen LogP) is 4.47. The number of fused-ring (bicyclic) bond motifs is 1. The number of hydrogen-bond donors (Lipinski definition) is 2. The quantitative estimate of drug-likeness (QED) is 0.554. The van der Waals surface area contributed by atoms with Crippen molar-refractivity contribution in [2.45, 2.75) is 20.3 Å². The number of benzene rings is 2. The molecule has 8 heteroatoms. The normalized spacial score (nSPS) is 11.4. The largest absolute Gasteiger partial charge is 0.490 e. The average molecular weight is 402 g/mol. The van der Waals surface area contributed by atoms with E-state index in [1.54, 1.807) is 30.3 Å². The molecule has 1 amide bonds. The number of carbonyl (C=O) groups is 1. The summed E-state index contributed by atoms with van der Waals surface area (Å²) in [7, 11) is 0. The van der Waals surface area contributed by atoms with Crippen LogP contribution in [0.1, 0.15) is 36.5 Å². The number of halogens is 2. The molecule has 0 fully saturated rings. The van der Waals surface area contributed by atoms with Crippen molar-refractivity contribution in [2.75, 3.05) is 31.6 Å². The Balaban J connectivity index is 1.71. The lowest BCUT2D eigenvalue weighted by Crippen LogP contribution is -2.28. The lowest BCUT2D eigenvalue weighted by atomic mass is 10.2. The molecule has 0 aliphatic carbocycles. The van der Waals surface area contributed by atoms with E-state index >= 15 is 0 Å². The van der Waals surface area contributed by atoms with Gasteiger partial charge in [-0.1, -0.05) is 26.0 Å². The minimum Gasteiger partial charge on any atom is -0.490 e. The number of anilines is 1. The first-order valence-corrected chi connectivity index (χ1v) is 9.55. The van der Waals surface area contributed by atoms with E-state index in [1.807, 2.05) is 6.07 Å². The van der Waals surface area contributed by atoms with Crippen molar-refractivity contribution in [1.29, 1.82) is 0 Å². The van der Waals surface area contributed by atoms with Gasteiger partial charge in [0, 0.05) is 12.1 Å². The van der Waals surface area contributed by atoms with E-state index in [-0.39, 0.29) is 5.91 Å². The zero-order chi connectivity index (χ0) is 20.8. The zero-order valence-corrected chi connectivity index (χ0v) is 16.4. The smallest absolute Gasteiger partial charge is 0.295 e. The summed E-state index contributed by atoms with van der Waals surface area (Å²) in [5, 5.41) is 2.83. The summed E-state index contributed by atoms with van der Waals surface area (Å²) in [5.41, 5.74) is 1.66. The van der Waals surface area contributed by atoms with E-state index < -0.39 is 12.2 Å². The number of hydrogen-bond acceptors (Lipinski definition) is 4. The average Bonchev–Trinajstić information content (AvgIpc) is 3.16. The fourth-order valence-corrected chi connectivity index (χ4v) is 2.99. The number of likely N-dealkylation sites (N-methyl/N-ethyl adjacent to an activating group) is 1. The molecule has 0 spiro atoms. The van der Waals surface area contributed by atoms with Gasteiger partial charge in [0.15, 0.2) is 5.82 Å². The molecule has 0 aliphatic rings. The van der Waals surface area contributed by atoms with Crippen LogP contribution in [0.15, 0.2) is 42.5 Å². The molecular weight excluding hydrogens is 378 g/mol. The van der Waals surface area contributed by atoms with Crippen LogP contribution in [0.25, 0.3) is 11.0 Å². The Kier molecular flexibility index (Phi) is 6.77. The minimum absolute atomic E-state index is 0.333. The molecular formula is C21H24F2N4O2. The first-order chi connectivity index (χ1) is 14.0. The first kappa shape index (κ1) is 20.7. The van der Waals surface area contributed by atoms with Gasteiger partial charge in [0.05, 0.1) is 16.7 Å². The summed E-state index contributed by atoms with van der Waals surface area (Å²) in [5.74, 6) is -0.194. The number of rotatable bonds is 9. The number of nitrogens with one attached hydrogen (secondary N) is 2. The molecule has 1 heterocycles. The lowest BCUT2D eigenvalue weighted by Gasteiger charge is -2.19. The number of aromatic nitrogens is 2. The van der Waals surface area contributed by atoms with Crippen molar-refractivity contribution < 1.29 is 18.3 Å². The maximum Gasteiger partial charge on any atom is 0.295 e. The van der Waals surface area contributed by atoms with Crippen molar-refractivity contribution in [1.82, 2.24) is 14.9 Å². The lowest BCUT2D eigenvalue weighted by molar-refractivity contribution is 0.102. The molecule has 0 radical (unpaired) electrons. The Morgan fingerprint density at radius 3 is 2.69 bits per heavy atom. The monoisotopic (exact) mass is 402 g/mol. The molecule has 29 heavy (non-hydrogen) atoms. The Morgan fingerprint density at radius 1 is 1.21 bits per heavy atom. The molecule has 3 rings (SSSR count). The molecule has 2 N–H and O–H groups in total. The summed E-state index contributed by atoms with van der Waals surface area (Å²) < 4.78 is 31.5. The number of H-pyrrole nitrogens is 1. The molecule has 0 unspecified atom stereocenters. The highest BCUT2D eigenvalue weighted by Gasteiger charge is 2.15. The highest BCUT2D eigenvalue weighted by molar-refractivity contribution is 6.06. The number of imidazole rings is 1. The number of carbonyl (C=O) groups excluding carboxylic acids is 1. The van der Waals surface area contributed by atoms with Crippen LogP contribution in [-0.2, 0) is 0 Å². The third kappa shape index (κ3) is 5.08. The Morgan fingerprint density at radius 2 is 1.97 bits per heavy atom. The van der Waals surface area contributed by atoms with Crippen LogP contribution in [0, 0.1) is 0 Å². The number of aromatic amines is 1. The Bertz CT molecular complexity index is 970. The summed E-state index contributed by atoms with van der Waals surface area (Å²) in [6.07, 6.45) is -2.69. The maximum absolute atomic E-state index is 12.8. The molecule has 154 valence electrons. The van der Waals surface area contributed by atoms with Gasteiger partial charge in [0.2, 0.25) is 0 Å². The fraction of sp³-hybridized carbons (Fsp3) is 0.333. The van der Waals surface area contributed by atoms with Crippen LogP contribution >= 0.6 is 0 Å². The molecule has 1 aromatic heterocycles. The van der Waals surface area contributed by atoms with Crippen LogP contribution < -0.4 is 10.1 Å². The highest BCUT2D eigenvalue weighted by Crippen LogP contribution is 2.25. The number of alkyl halides is 2. The van der Waals surface area contributed by atoms with Crippen molar-refractivity contribution in [3.63, 3.8) is 0 Å². The first-order valence-electron chi connectivity index (χ1n) is 9.55. The van der Waals surface area contributed by atoms with Gasteiger partial charge >= 0.3 is 0 Å². The number of nitrogens with zero attached hydrogens (tertiary/aromatic N) is 2. The van der Waals surface area contributed by atoms with Crippen LogP contribution in [0.4, 0.5) is 14.5 Å².